The summed E-state index contributed by atoms with van der Waals surface area (Å²) in [4.78, 5) is 34.0. The minimum Gasteiger partial charge on any atom is -0.450 e. The van der Waals surface area contributed by atoms with Crippen LogP contribution in [0.5, 0.6) is 0 Å². The van der Waals surface area contributed by atoms with Gasteiger partial charge in [-0.15, -0.1) is 11.8 Å². The number of rotatable bonds is 9. The number of esters is 1. The van der Waals surface area contributed by atoms with Crippen molar-refractivity contribution in [2.24, 2.45) is 0 Å². The molecule has 0 aliphatic heterocycles. The van der Waals surface area contributed by atoms with E-state index in [1.807, 2.05) is 30.3 Å². The first kappa shape index (κ1) is 18.5. The van der Waals surface area contributed by atoms with Gasteiger partial charge in [-0.1, -0.05) is 18.2 Å². The standard InChI is InChI=1S/C16H16N2O6S/c19-14(17-9-4-10-25-12-5-2-1-3-6-12)11-23-16(20)13-7-8-15(24-13)18(21)22/h1-3,5-8H,4,9-11H2,(H,17,19). The van der Waals surface area contributed by atoms with Crippen molar-refractivity contribution in [3.63, 3.8) is 0 Å². The molecule has 2 rings (SSSR count). The van der Waals surface area contributed by atoms with E-state index in [0.29, 0.717) is 6.54 Å². The molecule has 132 valence electrons. The highest BCUT2D eigenvalue weighted by Crippen LogP contribution is 2.17. The molecule has 1 N–H and O–H groups in total. The van der Waals surface area contributed by atoms with Crippen molar-refractivity contribution < 1.29 is 23.7 Å². The topological polar surface area (TPSA) is 112 Å². The Hall–Kier alpha value is -2.81. The third-order valence-corrected chi connectivity index (χ3v) is 4.06. The lowest BCUT2D eigenvalue weighted by molar-refractivity contribution is -0.402. The van der Waals surface area contributed by atoms with Crippen LogP contribution < -0.4 is 5.32 Å². The van der Waals surface area contributed by atoms with Crippen LogP contribution >= 0.6 is 11.8 Å². The number of ether oxygens (including phenoxy) is 1. The van der Waals surface area contributed by atoms with Crippen LogP contribution in [-0.4, -0.2) is 35.7 Å². The molecule has 1 aromatic heterocycles. The lowest BCUT2D eigenvalue weighted by atomic mass is 10.4. The maximum absolute atomic E-state index is 11.6. The largest absolute Gasteiger partial charge is 0.450 e. The van der Waals surface area contributed by atoms with E-state index in [1.54, 1.807) is 11.8 Å². The molecule has 0 aliphatic rings. The van der Waals surface area contributed by atoms with Gasteiger partial charge in [0.1, 0.15) is 4.92 Å². The Morgan fingerprint density at radius 3 is 2.64 bits per heavy atom. The number of thioether (sulfide) groups is 1. The summed E-state index contributed by atoms with van der Waals surface area (Å²) in [7, 11) is 0. The van der Waals surface area contributed by atoms with Gasteiger partial charge in [-0.3, -0.25) is 14.9 Å². The van der Waals surface area contributed by atoms with Gasteiger partial charge in [-0.05, 0) is 30.4 Å². The molecule has 0 radical (unpaired) electrons. The van der Waals surface area contributed by atoms with Crippen LogP contribution in [0.1, 0.15) is 17.0 Å². The SMILES string of the molecule is O=C(COC(=O)c1ccc([N+](=O)[O-])o1)NCCCSc1ccccc1. The summed E-state index contributed by atoms with van der Waals surface area (Å²) in [5.41, 5.74) is 0. The molecule has 0 saturated heterocycles. The molecule has 1 aromatic carbocycles. The van der Waals surface area contributed by atoms with Crippen molar-refractivity contribution in [3.8, 4) is 0 Å². The van der Waals surface area contributed by atoms with Gasteiger partial charge < -0.3 is 14.5 Å². The van der Waals surface area contributed by atoms with E-state index in [1.165, 1.54) is 0 Å². The van der Waals surface area contributed by atoms with Crippen LogP contribution in [-0.2, 0) is 9.53 Å². The van der Waals surface area contributed by atoms with Gasteiger partial charge in [0, 0.05) is 11.4 Å². The van der Waals surface area contributed by atoms with Crippen LogP contribution in [0.4, 0.5) is 5.88 Å². The van der Waals surface area contributed by atoms with Gasteiger partial charge in [0.25, 0.3) is 5.91 Å². The van der Waals surface area contributed by atoms with Gasteiger partial charge in [-0.2, -0.15) is 0 Å². The van der Waals surface area contributed by atoms with Crippen LogP contribution in [0, 0.1) is 10.1 Å². The number of amides is 1. The number of carbonyl (C=O) groups is 2. The first-order valence-corrected chi connectivity index (χ1v) is 8.40. The van der Waals surface area contributed by atoms with Crippen LogP contribution in [0.25, 0.3) is 0 Å². The summed E-state index contributed by atoms with van der Waals surface area (Å²) >= 11 is 1.69. The Kier molecular flexibility index (Phi) is 7.02. The number of hydrogen-bond donors (Lipinski definition) is 1. The summed E-state index contributed by atoms with van der Waals surface area (Å²) in [5, 5.41) is 13.1. The molecule has 1 amide bonds. The Balaban J connectivity index is 1.60. The minimum absolute atomic E-state index is 0.321. The Morgan fingerprint density at radius 2 is 1.96 bits per heavy atom. The second kappa shape index (κ2) is 9.48. The fourth-order valence-corrected chi connectivity index (χ4v) is 2.67. The molecule has 0 spiro atoms. The molecule has 0 unspecified atom stereocenters. The highest BCUT2D eigenvalue weighted by Gasteiger charge is 2.19. The molecule has 8 nitrogen and oxygen atoms in total. The van der Waals surface area contributed by atoms with Crippen molar-refractivity contribution in [3.05, 3.63) is 58.3 Å². The van der Waals surface area contributed by atoms with E-state index in [0.717, 1.165) is 29.2 Å². The van der Waals surface area contributed by atoms with E-state index >= 15 is 0 Å². The van der Waals surface area contributed by atoms with Gasteiger partial charge in [0.15, 0.2) is 6.61 Å². The molecule has 1 heterocycles. The number of benzene rings is 1. The predicted molar refractivity (Wildman–Crippen MR) is 90.4 cm³/mol. The van der Waals surface area contributed by atoms with Crippen molar-refractivity contribution in [1.82, 2.24) is 5.32 Å². The van der Waals surface area contributed by atoms with Gasteiger partial charge in [0.2, 0.25) is 5.76 Å². The third-order valence-electron chi connectivity index (χ3n) is 2.96. The zero-order valence-electron chi connectivity index (χ0n) is 13.2. The molecule has 0 bridgehead atoms. The van der Waals surface area contributed by atoms with Gasteiger partial charge in [-0.25, -0.2) is 4.79 Å². The van der Waals surface area contributed by atoms with E-state index < -0.39 is 29.3 Å². The number of hydrogen-bond acceptors (Lipinski definition) is 7. The summed E-state index contributed by atoms with van der Waals surface area (Å²) in [5.74, 6) is -1.41. The summed E-state index contributed by atoms with van der Waals surface area (Å²) < 4.78 is 9.42. The van der Waals surface area contributed by atoms with E-state index in [4.69, 9.17) is 4.74 Å². The van der Waals surface area contributed by atoms with Crippen LogP contribution in [0.2, 0.25) is 0 Å². The van der Waals surface area contributed by atoms with Gasteiger partial charge >= 0.3 is 11.9 Å². The summed E-state index contributed by atoms with van der Waals surface area (Å²) in [6, 6.07) is 12.1. The molecule has 0 saturated carbocycles. The minimum atomic E-state index is -0.928. The summed E-state index contributed by atoms with van der Waals surface area (Å²) in [6.45, 7) is -0.0123. The average Bonchev–Trinajstić information content (AvgIpc) is 3.11. The Bertz CT molecular complexity index is 731. The molecule has 0 aliphatic carbocycles. The molecule has 2 aromatic rings. The fourth-order valence-electron chi connectivity index (χ4n) is 1.80. The van der Waals surface area contributed by atoms with Crippen molar-refractivity contribution in [1.29, 1.82) is 0 Å². The second-order valence-corrected chi connectivity index (χ2v) is 6.00. The lowest BCUT2D eigenvalue weighted by Gasteiger charge is -2.05. The molecule has 9 heteroatoms. The molecule has 0 atom stereocenters. The second-order valence-electron chi connectivity index (χ2n) is 4.84. The highest BCUT2D eigenvalue weighted by atomic mass is 32.2. The molecule has 0 fully saturated rings. The van der Waals surface area contributed by atoms with Gasteiger partial charge in [0.05, 0.1) is 6.07 Å². The highest BCUT2D eigenvalue weighted by molar-refractivity contribution is 7.99. The Labute approximate surface area is 147 Å². The normalized spacial score (nSPS) is 10.2. The first-order chi connectivity index (χ1) is 12.1. The third kappa shape index (κ3) is 6.30. The maximum atomic E-state index is 11.6. The number of nitro groups is 1. The van der Waals surface area contributed by atoms with Crippen LogP contribution in [0.3, 0.4) is 0 Å². The molecule has 25 heavy (non-hydrogen) atoms. The summed E-state index contributed by atoms with van der Waals surface area (Å²) in [6.07, 6.45) is 0.767. The van der Waals surface area contributed by atoms with E-state index in [2.05, 4.69) is 9.73 Å². The number of nitrogens with zero attached hydrogens (tertiary/aromatic N) is 1. The number of carbonyl (C=O) groups excluding carboxylic acids is 2. The average molecular weight is 364 g/mol. The molecular weight excluding hydrogens is 348 g/mol. The maximum Gasteiger partial charge on any atom is 0.433 e. The van der Waals surface area contributed by atoms with Crippen molar-refractivity contribution >= 4 is 29.5 Å². The fraction of sp³-hybridized carbons (Fsp3) is 0.250. The Morgan fingerprint density at radius 1 is 1.20 bits per heavy atom. The zero-order valence-corrected chi connectivity index (χ0v) is 14.0. The van der Waals surface area contributed by atoms with E-state index in [9.17, 15) is 19.7 Å². The van der Waals surface area contributed by atoms with Crippen LogP contribution in [0.15, 0.2) is 51.8 Å². The van der Waals surface area contributed by atoms with Crippen molar-refractivity contribution in [2.75, 3.05) is 18.9 Å². The molecular formula is C16H16N2O6S. The predicted octanol–water partition coefficient (Wildman–Crippen LogP) is 2.64. The quantitative estimate of drug-likeness (QED) is 0.239. The lowest BCUT2D eigenvalue weighted by Crippen LogP contribution is -2.29. The smallest absolute Gasteiger partial charge is 0.433 e. The number of furan rings is 1. The first-order valence-electron chi connectivity index (χ1n) is 7.42. The monoisotopic (exact) mass is 364 g/mol. The zero-order chi connectivity index (χ0) is 18.1. The number of nitrogens with one attached hydrogen (secondary N) is 1. The van der Waals surface area contributed by atoms with Crippen molar-refractivity contribution in [2.45, 2.75) is 11.3 Å². The van der Waals surface area contributed by atoms with E-state index in [-0.39, 0.29) is 5.76 Å².